The van der Waals surface area contributed by atoms with Gasteiger partial charge in [0.15, 0.2) is 16.7 Å². The smallest absolute Gasteiger partial charge is 0.264 e. The fourth-order valence-corrected chi connectivity index (χ4v) is 3.20. The number of pyridine rings is 1. The molecule has 2 aromatic rings. The number of rotatable bonds is 5. The minimum atomic E-state index is -0.216. The Kier molecular flexibility index (Phi) is 5.43. The van der Waals surface area contributed by atoms with Crippen molar-refractivity contribution in [3.8, 4) is 17.2 Å². The SMILES string of the molecule is COc1cc(C=C2SC(=Nc3cccnc3)NC2=O)cc(OC)c1OC. The van der Waals surface area contributed by atoms with E-state index in [-0.39, 0.29) is 5.91 Å². The Labute approximate surface area is 155 Å². The highest BCUT2D eigenvalue weighted by molar-refractivity contribution is 8.18. The van der Waals surface area contributed by atoms with Gasteiger partial charge < -0.3 is 19.5 Å². The third kappa shape index (κ3) is 3.80. The van der Waals surface area contributed by atoms with Crippen LogP contribution in [0.25, 0.3) is 6.08 Å². The van der Waals surface area contributed by atoms with E-state index in [2.05, 4.69) is 15.3 Å². The number of thioether (sulfide) groups is 1. The largest absolute Gasteiger partial charge is 0.493 e. The van der Waals surface area contributed by atoms with Crippen molar-refractivity contribution in [3.63, 3.8) is 0 Å². The number of nitrogens with zero attached hydrogens (tertiary/aromatic N) is 2. The number of carbonyl (C=O) groups is 1. The van der Waals surface area contributed by atoms with Gasteiger partial charge in [-0.3, -0.25) is 9.78 Å². The van der Waals surface area contributed by atoms with Crippen LogP contribution >= 0.6 is 11.8 Å². The van der Waals surface area contributed by atoms with E-state index in [4.69, 9.17) is 14.2 Å². The Balaban J connectivity index is 1.90. The van der Waals surface area contributed by atoms with Crippen molar-refractivity contribution < 1.29 is 19.0 Å². The molecule has 0 radical (unpaired) electrons. The van der Waals surface area contributed by atoms with Crippen LogP contribution in [-0.4, -0.2) is 37.4 Å². The summed E-state index contributed by atoms with van der Waals surface area (Å²) in [6.45, 7) is 0. The van der Waals surface area contributed by atoms with Crippen LogP contribution in [0.1, 0.15) is 5.56 Å². The molecule has 1 aromatic carbocycles. The molecule has 1 fully saturated rings. The van der Waals surface area contributed by atoms with Crippen molar-refractivity contribution in [3.05, 3.63) is 47.1 Å². The van der Waals surface area contributed by atoms with Gasteiger partial charge in [-0.25, -0.2) is 4.99 Å². The normalized spacial score (nSPS) is 16.7. The van der Waals surface area contributed by atoms with Crippen LogP contribution in [0.5, 0.6) is 17.2 Å². The van der Waals surface area contributed by atoms with Crippen LogP contribution in [0, 0.1) is 0 Å². The van der Waals surface area contributed by atoms with Gasteiger partial charge >= 0.3 is 0 Å². The molecule has 1 aliphatic heterocycles. The number of amides is 1. The van der Waals surface area contributed by atoms with Crippen LogP contribution in [0.3, 0.4) is 0 Å². The zero-order valence-electron chi connectivity index (χ0n) is 14.5. The standard InChI is InChI=1S/C18H17N3O4S/c1-23-13-7-11(8-14(24-2)16(13)25-3)9-15-17(22)21-18(26-15)20-12-5-4-6-19-10-12/h4-10H,1-3H3,(H,20,21,22). The molecule has 2 heterocycles. The average molecular weight is 371 g/mol. The highest BCUT2D eigenvalue weighted by Crippen LogP contribution is 2.39. The monoisotopic (exact) mass is 371 g/mol. The van der Waals surface area contributed by atoms with Crippen LogP contribution < -0.4 is 19.5 Å². The summed E-state index contributed by atoms with van der Waals surface area (Å²) in [5.41, 5.74) is 1.42. The minimum absolute atomic E-state index is 0.216. The van der Waals surface area contributed by atoms with Crippen molar-refractivity contribution in [2.75, 3.05) is 21.3 Å². The van der Waals surface area contributed by atoms with E-state index in [1.807, 2.05) is 6.07 Å². The zero-order chi connectivity index (χ0) is 18.5. The van der Waals surface area contributed by atoms with Crippen molar-refractivity contribution >= 4 is 34.6 Å². The van der Waals surface area contributed by atoms with Crippen molar-refractivity contribution in [2.24, 2.45) is 4.99 Å². The van der Waals surface area contributed by atoms with Crippen molar-refractivity contribution in [1.82, 2.24) is 10.3 Å². The molecule has 8 heteroatoms. The molecule has 0 spiro atoms. The lowest BCUT2D eigenvalue weighted by molar-refractivity contribution is -0.115. The number of nitrogens with one attached hydrogen (secondary N) is 1. The van der Waals surface area contributed by atoms with Gasteiger partial charge in [-0.15, -0.1) is 0 Å². The fourth-order valence-electron chi connectivity index (χ4n) is 2.35. The number of hydrogen-bond acceptors (Lipinski definition) is 7. The second-order valence-corrected chi connectivity index (χ2v) is 6.18. The lowest BCUT2D eigenvalue weighted by Gasteiger charge is -2.12. The van der Waals surface area contributed by atoms with Gasteiger partial charge in [-0.1, -0.05) is 0 Å². The molecule has 26 heavy (non-hydrogen) atoms. The first-order valence-electron chi connectivity index (χ1n) is 7.64. The van der Waals surface area contributed by atoms with Gasteiger partial charge in [-0.2, -0.15) is 0 Å². The predicted octanol–water partition coefficient (Wildman–Crippen LogP) is 3.00. The quantitative estimate of drug-likeness (QED) is 0.814. The van der Waals surface area contributed by atoms with E-state index in [9.17, 15) is 4.79 Å². The third-order valence-electron chi connectivity index (χ3n) is 3.51. The minimum Gasteiger partial charge on any atom is -0.493 e. The summed E-state index contributed by atoms with van der Waals surface area (Å²) in [7, 11) is 4.63. The molecular weight excluding hydrogens is 354 g/mol. The lowest BCUT2D eigenvalue weighted by atomic mass is 10.1. The number of aliphatic imine (C=N–C) groups is 1. The van der Waals surface area contributed by atoms with Gasteiger partial charge in [0.05, 0.1) is 38.1 Å². The summed E-state index contributed by atoms with van der Waals surface area (Å²) in [6.07, 6.45) is 5.04. The second-order valence-electron chi connectivity index (χ2n) is 5.15. The van der Waals surface area contributed by atoms with Crippen LogP contribution in [0.15, 0.2) is 46.6 Å². The van der Waals surface area contributed by atoms with E-state index < -0.39 is 0 Å². The lowest BCUT2D eigenvalue weighted by Crippen LogP contribution is -2.19. The maximum atomic E-state index is 12.2. The number of aromatic nitrogens is 1. The first-order valence-corrected chi connectivity index (χ1v) is 8.46. The van der Waals surface area contributed by atoms with Gasteiger partial charge in [0, 0.05) is 6.20 Å². The van der Waals surface area contributed by atoms with E-state index in [1.165, 1.54) is 11.8 Å². The number of amidine groups is 1. The van der Waals surface area contributed by atoms with E-state index in [0.29, 0.717) is 33.0 Å². The Hall–Kier alpha value is -3.00. The molecule has 0 aliphatic carbocycles. The maximum absolute atomic E-state index is 12.2. The summed E-state index contributed by atoms with van der Waals surface area (Å²) in [5.74, 6) is 1.32. The molecule has 1 amide bonds. The molecular formula is C18H17N3O4S. The van der Waals surface area contributed by atoms with Crippen molar-refractivity contribution in [1.29, 1.82) is 0 Å². The highest BCUT2D eigenvalue weighted by atomic mass is 32.2. The van der Waals surface area contributed by atoms with Crippen molar-refractivity contribution in [2.45, 2.75) is 0 Å². The van der Waals surface area contributed by atoms with Crippen LogP contribution in [0.2, 0.25) is 0 Å². The maximum Gasteiger partial charge on any atom is 0.264 e. The van der Waals surface area contributed by atoms with Crippen LogP contribution in [0.4, 0.5) is 5.69 Å². The zero-order valence-corrected chi connectivity index (χ0v) is 15.3. The number of ether oxygens (including phenoxy) is 3. The Bertz CT molecular complexity index is 856. The number of hydrogen-bond donors (Lipinski definition) is 1. The molecule has 0 saturated carbocycles. The van der Waals surface area contributed by atoms with Gasteiger partial charge in [-0.05, 0) is 47.7 Å². The van der Waals surface area contributed by atoms with E-state index in [0.717, 1.165) is 5.56 Å². The highest BCUT2D eigenvalue weighted by Gasteiger charge is 2.24. The average Bonchev–Trinajstić information content (AvgIpc) is 3.00. The Morgan fingerprint density at radius 1 is 1.15 bits per heavy atom. The van der Waals surface area contributed by atoms with Gasteiger partial charge in [0.25, 0.3) is 5.91 Å². The molecule has 3 rings (SSSR count). The molecule has 0 unspecified atom stereocenters. The molecule has 1 aliphatic rings. The second kappa shape index (κ2) is 7.92. The summed E-state index contributed by atoms with van der Waals surface area (Å²) in [6, 6.07) is 7.15. The summed E-state index contributed by atoms with van der Waals surface area (Å²) in [4.78, 5) is 21.1. The predicted molar refractivity (Wildman–Crippen MR) is 101 cm³/mol. The summed E-state index contributed by atoms with van der Waals surface area (Å²) >= 11 is 1.26. The Morgan fingerprint density at radius 3 is 2.46 bits per heavy atom. The van der Waals surface area contributed by atoms with E-state index >= 15 is 0 Å². The third-order valence-corrected chi connectivity index (χ3v) is 4.42. The summed E-state index contributed by atoms with van der Waals surface area (Å²) < 4.78 is 16.0. The topological polar surface area (TPSA) is 82.0 Å². The van der Waals surface area contributed by atoms with E-state index in [1.54, 1.807) is 58.0 Å². The molecule has 1 saturated heterocycles. The number of benzene rings is 1. The molecule has 7 nitrogen and oxygen atoms in total. The fraction of sp³-hybridized carbons (Fsp3) is 0.167. The van der Waals surface area contributed by atoms with Gasteiger partial charge in [0.2, 0.25) is 5.75 Å². The first-order chi connectivity index (χ1) is 12.6. The molecule has 0 bridgehead atoms. The number of carbonyl (C=O) groups excluding carboxylic acids is 1. The molecule has 134 valence electrons. The van der Waals surface area contributed by atoms with Gasteiger partial charge in [0.1, 0.15) is 0 Å². The first kappa shape index (κ1) is 17.8. The van der Waals surface area contributed by atoms with Crippen LogP contribution in [-0.2, 0) is 4.79 Å². The molecule has 1 N–H and O–H groups in total. The molecule has 1 aromatic heterocycles. The molecule has 0 atom stereocenters. The Morgan fingerprint density at radius 2 is 1.88 bits per heavy atom. The summed E-state index contributed by atoms with van der Waals surface area (Å²) in [5, 5.41) is 3.24. The number of methoxy groups -OCH3 is 3.